The van der Waals surface area contributed by atoms with Gasteiger partial charge in [0.15, 0.2) is 52.4 Å². The van der Waals surface area contributed by atoms with E-state index in [9.17, 15) is 0 Å². The van der Waals surface area contributed by atoms with Crippen molar-refractivity contribution in [2.75, 3.05) is 0 Å². The molecule has 6 aromatic heterocycles. The minimum Gasteiger partial charge on any atom is -0.456 e. The fraction of sp³-hybridized carbons (Fsp3) is 0. The summed E-state index contributed by atoms with van der Waals surface area (Å²) in [6.07, 6.45) is 0. The topological polar surface area (TPSA) is 155 Å². The summed E-state index contributed by atoms with van der Waals surface area (Å²) in [4.78, 5) is 45.1. The van der Waals surface area contributed by atoms with Crippen molar-refractivity contribution in [1.29, 1.82) is 0 Å². The smallest absolute Gasteiger partial charge is 0.164 e. The Morgan fingerprint density at radius 2 is 0.362 bits per heavy atom. The van der Waals surface area contributed by atoms with E-state index in [1.807, 2.05) is 158 Å². The van der Waals surface area contributed by atoms with Crippen molar-refractivity contribution in [2.45, 2.75) is 0 Å². The van der Waals surface area contributed by atoms with Crippen LogP contribution in [0.25, 0.3) is 245 Å². The molecule has 0 bridgehead atoms. The molecular weight excluding hydrogens is 1560 g/mol. The van der Waals surface area contributed by atoms with Crippen LogP contribution < -0.4 is 0 Å². The Labute approximate surface area is 728 Å². The van der Waals surface area contributed by atoms with Crippen LogP contribution in [0.2, 0.25) is 0 Å². The minimum atomic E-state index is 0.610. The Balaban J connectivity index is 0.000000109. The van der Waals surface area contributed by atoms with Crippen molar-refractivity contribution in [3.05, 3.63) is 431 Å². The van der Waals surface area contributed by atoms with Crippen LogP contribution in [-0.2, 0) is 0 Å². The average molecular weight is 1630 g/mol. The zero-order chi connectivity index (χ0) is 84.1. The first kappa shape index (κ1) is 74.7. The highest BCUT2D eigenvalue weighted by atomic mass is 16.3. The predicted octanol–water partition coefficient (Wildman–Crippen LogP) is 29.9. The maximum atomic E-state index is 6.37. The van der Waals surface area contributed by atoms with Gasteiger partial charge in [0, 0.05) is 82.4 Å². The highest BCUT2D eigenvalue weighted by molar-refractivity contribution is 6.18. The Morgan fingerprint density at radius 3 is 0.740 bits per heavy atom. The lowest BCUT2D eigenvalue weighted by Gasteiger charge is -2.10. The molecule has 0 saturated heterocycles. The molecule has 0 aliphatic rings. The molecule has 25 rings (SSSR count). The Hall–Kier alpha value is -17.4. The first-order valence-electron chi connectivity index (χ1n) is 42.3. The fourth-order valence-electron chi connectivity index (χ4n) is 17.3. The second-order valence-corrected chi connectivity index (χ2v) is 31.4. The van der Waals surface area contributed by atoms with E-state index in [0.29, 0.717) is 52.4 Å². The zero-order valence-electron chi connectivity index (χ0n) is 68.2. The van der Waals surface area contributed by atoms with Crippen molar-refractivity contribution in [2.24, 2.45) is 0 Å². The standard InChI is InChI=1S/C41H25N3O.2C37H23N3O/c1-2-11-28(12-3-1)39-42-40(29-22-20-27(21-23-29)33-17-8-15-26-10-6-7-16-32(26)33)44-41(43-39)34-18-9-19-36-38(34)35-24-30-13-4-5-14-31(30)25-37(35)45-36;1-3-11-24(12-4-1)26-17-9-18-29(21-26)36-38-35(25-13-5-2-6-14-25)39-37(40-36)30-19-10-20-32-34(30)31-22-27-15-7-8-16-28(27)23-33(31)41-32;1-3-10-24(11-4-1)25-18-20-27(21-19-25)36-38-35(26-12-5-2-6-13-26)39-37(40-36)30-16-9-17-32-34(30)31-22-28-14-7-8-15-29(28)23-33(31)41-32/h1-25H;2*1-23H. The van der Waals surface area contributed by atoms with E-state index in [1.54, 1.807) is 0 Å². The number of nitrogens with zero attached hydrogens (tertiary/aromatic N) is 9. The average Bonchev–Trinajstić information content (AvgIpc) is 1.62. The van der Waals surface area contributed by atoms with E-state index >= 15 is 0 Å². The Bertz CT molecular complexity index is 8490. The first-order chi connectivity index (χ1) is 62.9. The molecular formula is C115H71N9O3. The molecule has 25 aromatic rings. The van der Waals surface area contributed by atoms with Gasteiger partial charge in [-0.1, -0.05) is 370 Å². The van der Waals surface area contributed by atoms with Gasteiger partial charge in [-0.2, -0.15) is 0 Å². The molecule has 19 aromatic carbocycles. The largest absolute Gasteiger partial charge is 0.456 e. The Kier molecular flexibility index (Phi) is 19.0. The third-order valence-corrected chi connectivity index (χ3v) is 23.5. The summed E-state index contributed by atoms with van der Waals surface area (Å²) in [6, 6.07) is 147. The monoisotopic (exact) mass is 1630 g/mol. The molecule has 0 aliphatic carbocycles. The predicted molar refractivity (Wildman–Crippen MR) is 517 cm³/mol. The fourth-order valence-corrected chi connectivity index (χ4v) is 17.3. The Morgan fingerprint density at radius 1 is 0.126 bits per heavy atom. The molecule has 0 radical (unpaired) electrons. The van der Waals surface area contributed by atoms with Crippen LogP contribution in [0.3, 0.4) is 0 Å². The summed E-state index contributed by atoms with van der Waals surface area (Å²) in [5.74, 6) is 5.61. The number of aromatic nitrogens is 9. The normalized spacial score (nSPS) is 11.5. The highest BCUT2D eigenvalue weighted by Gasteiger charge is 2.24. The molecule has 0 unspecified atom stereocenters. The molecule has 6 heterocycles. The summed E-state index contributed by atoms with van der Waals surface area (Å²) in [5.41, 5.74) is 20.2. The van der Waals surface area contributed by atoms with Crippen LogP contribution in [0.15, 0.2) is 444 Å². The lowest BCUT2D eigenvalue weighted by Crippen LogP contribution is -2.00. The first-order valence-corrected chi connectivity index (χ1v) is 42.3. The quantitative estimate of drug-likeness (QED) is 0.114. The van der Waals surface area contributed by atoms with Gasteiger partial charge in [0.1, 0.15) is 33.5 Å². The van der Waals surface area contributed by atoms with Crippen molar-refractivity contribution in [1.82, 2.24) is 44.9 Å². The third-order valence-electron chi connectivity index (χ3n) is 23.5. The second-order valence-electron chi connectivity index (χ2n) is 31.4. The molecule has 12 nitrogen and oxygen atoms in total. The van der Waals surface area contributed by atoms with Gasteiger partial charge in [-0.3, -0.25) is 0 Å². The molecule has 0 N–H and O–H groups in total. The summed E-state index contributed by atoms with van der Waals surface area (Å²) >= 11 is 0. The molecule has 0 fully saturated rings. The molecule has 12 heteroatoms. The van der Waals surface area contributed by atoms with E-state index < -0.39 is 0 Å². The highest BCUT2D eigenvalue weighted by Crippen LogP contribution is 2.44. The number of benzene rings is 19. The molecule has 0 saturated carbocycles. The van der Waals surface area contributed by atoms with E-state index in [-0.39, 0.29) is 0 Å². The van der Waals surface area contributed by atoms with E-state index in [1.165, 1.54) is 21.9 Å². The van der Waals surface area contributed by atoms with Gasteiger partial charge in [0.2, 0.25) is 0 Å². The van der Waals surface area contributed by atoms with Gasteiger partial charge in [-0.05, 0) is 137 Å². The van der Waals surface area contributed by atoms with Crippen LogP contribution in [0.1, 0.15) is 0 Å². The number of hydrogen-bond donors (Lipinski definition) is 0. The summed E-state index contributed by atoms with van der Waals surface area (Å²) in [5, 5.41) is 15.5. The number of furan rings is 3. The molecule has 0 atom stereocenters. The van der Waals surface area contributed by atoms with E-state index in [0.717, 1.165) is 170 Å². The molecule has 0 amide bonds. The maximum Gasteiger partial charge on any atom is 0.164 e. The van der Waals surface area contributed by atoms with Crippen LogP contribution >= 0.6 is 0 Å². The SMILES string of the molecule is c1ccc(-c2ccc(-c3nc(-c4ccccc4)nc(-c4cccc5oc6cc7ccccc7cc6c45)n3)cc2)cc1.c1ccc(-c2cccc(-c3nc(-c4ccccc4)nc(-c4cccc5oc6cc7ccccc7cc6c45)n3)c2)cc1.c1ccc(-c2nc(-c3ccc(-c4cccc5ccccc45)cc3)nc(-c3cccc4oc5cc6ccccc6cc5c34)n2)cc1. The maximum absolute atomic E-state index is 6.37. The van der Waals surface area contributed by atoms with Gasteiger partial charge in [-0.15, -0.1) is 0 Å². The van der Waals surface area contributed by atoms with Crippen LogP contribution in [0.4, 0.5) is 0 Å². The molecule has 0 spiro atoms. The van der Waals surface area contributed by atoms with Crippen LogP contribution in [0, 0.1) is 0 Å². The van der Waals surface area contributed by atoms with Gasteiger partial charge in [0.05, 0.1) is 0 Å². The summed E-state index contributed by atoms with van der Waals surface area (Å²) in [6.45, 7) is 0. The second kappa shape index (κ2) is 32.2. The van der Waals surface area contributed by atoms with Crippen molar-refractivity contribution in [3.8, 4) is 136 Å². The molecule has 127 heavy (non-hydrogen) atoms. The van der Waals surface area contributed by atoms with Crippen LogP contribution in [0.5, 0.6) is 0 Å². The summed E-state index contributed by atoms with van der Waals surface area (Å²) in [7, 11) is 0. The van der Waals surface area contributed by atoms with Crippen molar-refractivity contribution < 1.29 is 13.3 Å². The number of fused-ring (bicyclic) bond motifs is 13. The molecule has 594 valence electrons. The minimum absolute atomic E-state index is 0.610. The number of rotatable bonds is 12. The zero-order valence-corrected chi connectivity index (χ0v) is 68.2. The van der Waals surface area contributed by atoms with E-state index in [4.69, 9.17) is 58.1 Å². The van der Waals surface area contributed by atoms with E-state index in [2.05, 4.69) is 273 Å². The van der Waals surface area contributed by atoms with Gasteiger partial charge >= 0.3 is 0 Å². The van der Waals surface area contributed by atoms with Crippen LogP contribution in [-0.4, -0.2) is 44.9 Å². The van der Waals surface area contributed by atoms with Crippen molar-refractivity contribution >= 4 is 109 Å². The van der Waals surface area contributed by atoms with Gasteiger partial charge < -0.3 is 13.3 Å². The molecule has 0 aliphatic heterocycles. The lowest BCUT2D eigenvalue weighted by molar-refractivity contribution is 0.669. The van der Waals surface area contributed by atoms with Gasteiger partial charge in [-0.25, -0.2) is 44.9 Å². The lowest BCUT2D eigenvalue weighted by atomic mass is 9.97. The van der Waals surface area contributed by atoms with Gasteiger partial charge in [0.25, 0.3) is 0 Å². The third kappa shape index (κ3) is 14.4. The number of hydrogen-bond acceptors (Lipinski definition) is 12. The summed E-state index contributed by atoms with van der Waals surface area (Å²) < 4.78 is 19.0. The van der Waals surface area contributed by atoms with Crippen molar-refractivity contribution in [3.63, 3.8) is 0 Å².